The van der Waals surface area contributed by atoms with Crippen LogP contribution >= 0.6 is 24.8 Å². The van der Waals surface area contributed by atoms with Crippen molar-refractivity contribution in [2.24, 2.45) is 0 Å². The number of β-amino-alcohol motifs (C(OH)–C–C–N with tert-alkyl or cyclic N) is 1. The number of benzene rings is 1. The zero-order chi connectivity index (χ0) is 16.1. The van der Waals surface area contributed by atoms with Gasteiger partial charge in [0.25, 0.3) is 0 Å². The molecule has 3 unspecified atom stereocenters. The van der Waals surface area contributed by atoms with Gasteiger partial charge < -0.3 is 25.4 Å². The SMILES string of the molecule is COc1cccc(C(CNC(=O)C2CC(O)CN2)N(C)C)c1.Cl.Cl. The number of amides is 1. The molecule has 0 saturated carbocycles. The van der Waals surface area contributed by atoms with Crippen LogP contribution in [0.3, 0.4) is 0 Å². The molecular weight excluding hydrogens is 353 g/mol. The van der Waals surface area contributed by atoms with E-state index in [1.54, 1.807) is 7.11 Å². The highest BCUT2D eigenvalue weighted by Crippen LogP contribution is 2.22. The summed E-state index contributed by atoms with van der Waals surface area (Å²) in [6, 6.07) is 7.61. The summed E-state index contributed by atoms with van der Waals surface area (Å²) in [5.74, 6) is 0.738. The summed E-state index contributed by atoms with van der Waals surface area (Å²) in [5, 5.41) is 15.5. The van der Waals surface area contributed by atoms with E-state index in [4.69, 9.17) is 4.74 Å². The topological polar surface area (TPSA) is 73.8 Å². The zero-order valence-corrected chi connectivity index (χ0v) is 15.8. The number of methoxy groups -OCH3 is 1. The van der Waals surface area contributed by atoms with Gasteiger partial charge in [0.1, 0.15) is 5.75 Å². The summed E-state index contributed by atoms with van der Waals surface area (Å²) in [6.45, 7) is 0.984. The fourth-order valence-corrected chi connectivity index (χ4v) is 2.68. The molecule has 0 spiro atoms. The summed E-state index contributed by atoms with van der Waals surface area (Å²) in [5.41, 5.74) is 1.09. The number of hydrogen-bond donors (Lipinski definition) is 3. The molecule has 8 heteroatoms. The quantitative estimate of drug-likeness (QED) is 0.686. The van der Waals surface area contributed by atoms with Gasteiger partial charge in [-0.1, -0.05) is 12.1 Å². The minimum Gasteiger partial charge on any atom is -0.497 e. The van der Waals surface area contributed by atoms with Crippen LogP contribution in [0, 0.1) is 0 Å². The first-order chi connectivity index (χ1) is 10.5. The fraction of sp³-hybridized carbons (Fsp3) is 0.562. The van der Waals surface area contributed by atoms with Crippen molar-refractivity contribution in [1.29, 1.82) is 0 Å². The average molecular weight is 380 g/mol. The molecular formula is C16H27Cl2N3O3. The number of ether oxygens (including phenoxy) is 1. The van der Waals surface area contributed by atoms with Crippen LogP contribution in [-0.4, -0.2) is 62.4 Å². The minimum absolute atomic E-state index is 0. The van der Waals surface area contributed by atoms with Crippen molar-refractivity contribution >= 4 is 30.7 Å². The number of aliphatic hydroxyl groups excluding tert-OH is 1. The van der Waals surface area contributed by atoms with E-state index in [1.807, 2.05) is 38.4 Å². The third-order valence-corrected chi connectivity index (χ3v) is 4.00. The molecule has 1 saturated heterocycles. The van der Waals surface area contributed by atoms with Gasteiger partial charge in [-0.15, -0.1) is 24.8 Å². The van der Waals surface area contributed by atoms with E-state index in [0.29, 0.717) is 19.5 Å². The number of halogens is 2. The maximum absolute atomic E-state index is 12.1. The van der Waals surface area contributed by atoms with Crippen LogP contribution in [0.2, 0.25) is 0 Å². The summed E-state index contributed by atoms with van der Waals surface area (Å²) in [4.78, 5) is 14.2. The third-order valence-electron chi connectivity index (χ3n) is 4.00. The number of hydrogen-bond acceptors (Lipinski definition) is 5. The van der Waals surface area contributed by atoms with E-state index in [-0.39, 0.29) is 42.8 Å². The summed E-state index contributed by atoms with van der Waals surface area (Å²) in [6.07, 6.45) is 0.0382. The van der Waals surface area contributed by atoms with E-state index in [9.17, 15) is 9.90 Å². The Morgan fingerprint density at radius 3 is 2.71 bits per heavy atom. The van der Waals surface area contributed by atoms with Gasteiger partial charge in [0.15, 0.2) is 0 Å². The molecule has 0 radical (unpaired) electrons. The van der Waals surface area contributed by atoms with E-state index in [1.165, 1.54) is 0 Å². The molecule has 1 aromatic rings. The van der Waals surface area contributed by atoms with Crippen LogP contribution in [-0.2, 0) is 4.79 Å². The predicted molar refractivity (Wildman–Crippen MR) is 99.3 cm³/mol. The normalized spacial score (nSPS) is 20.7. The number of nitrogens with one attached hydrogen (secondary N) is 2. The Kier molecular flexibility index (Phi) is 10.3. The van der Waals surface area contributed by atoms with Gasteiger partial charge in [-0.2, -0.15) is 0 Å². The van der Waals surface area contributed by atoms with Crippen LogP contribution in [0.5, 0.6) is 5.75 Å². The predicted octanol–water partition coefficient (Wildman–Crippen LogP) is 0.980. The monoisotopic (exact) mass is 379 g/mol. The molecule has 24 heavy (non-hydrogen) atoms. The Morgan fingerprint density at radius 2 is 2.17 bits per heavy atom. The van der Waals surface area contributed by atoms with Crippen molar-refractivity contribution in [2.45, 2.75) is 24.6 Å². The van der Waals surface area contributed by atoms with Crippen molar-refractivity contribution in [3.8, 4) is 5.75 Å². The first-order valence-electron chi connectivity index (χ1n) is 7.50. The fourth-order valence-electron chi connectivity index (χ4n) is 2.68. The van der Waals surface area contributed by atoms with Crippen molar-refractivity contribution in [2.75, 3.05) is 34.3 Å². The number of rotatable bonds is 6. The molecule has 0 aliphatic carbocycles. The molecule has 138 valence electrons. The lowest BCUT2D eigenvalue weighted by Crippen LogP contribution is -2.43. The van der Waals surface area contributed by atoms with Gasteiger partial charge in [-0.3, -0.25) is 4.79 Å². The van der Waals surface area contributed by atoms with Crippen LogP contribution in [0.25, 0.3) is 0 Å². The van der Waals surface area contributed by atoms with Gasteiger partial charge in [-0.05, 0) is 38.2 Å². The summed E-state index contributed by atoms with van der Waals surface area (Å²) < 4.78 is 5.26. The molecule has 6 nitrogen and oxygen atoms in total. The van der Waals surface area contributed by atoms with Gasteiger partial charge in [0.05, 0.1) is 25.3 Å². The maximum atomic E-state index is 12.1. The third kappa shape index (κ3) is 6.11. The first-order valence-corrected chi connectivity index (χ1v) is 7.50. The number of aliphatic hydroxyl groups is 1. The Morgan fingerprint density at radius 1 is 1.46 bits per heavy atom. The Labute approximate surface area is 155 Å². The average Bonchev–Trinajstić information content (AvgIpc) is 2.94. The summed E-state index contributed by atoms with van der Waals surface area (Å²) in [7, 11) is 5.60. The van der Waals surface area contributed by atoms with Crippen LogP contribution < -0.4 is 15.4 Å². The van der Waals surface area contributed by atoms with Gasteiger partial charge in [0.2, 0.25) is 5.91 Å². The molecule has 0 bridgehead atoms. The largest absolute Gasteiger partial charge is 0.497 e. The lowest BCUT2D eigenvalue weighted by Gasteiger charge is -2.26. The molecule has 2 rings (SSSR count). The standard InChI is InChI=1S/C16H25N3O3.2ClH/c1-19(2)15(11-5-4-6-13(7-11)22-3)10-18-16(21)14-8-12(20)9-17-14;;/h4-7,12,14-15,17,20H,8-10H2,1-3H3,(H,18,21);2*1H. The van der Waals surface area contributed by atoms with Crippen LogP contribution in [0.15, 0.2) is 24.3 Å². The van der Waals surface area contributed by atoms with Crippen molar-refractivity contribution < 1.29 is 14.6 Å². The van der Waals surface area contributed by atoms with E-state index < -0.39 is 6.10 Å². The van der Waals surface area contributed by atoms with Crippen molar-refractivity contribution in [3.63, 3.8) is 0 Å². The number of likely N-dealkylation sites (N-methyl/N-ethyl adjacent to an activating group) is 1. The Bertz CT molecular complexity index is 517. The molecule has 0 aromatic heterocycles. The molecule has 1 aliphatic heterocycles. The number of carbonyl (C=O) groups is 1. The minimum atomic E-state index is -0.432. The molecule has 3 atom stereocenters. The first kappa shape index (κ1) is 22.9. The smallest absolute Gasteiger partial charge is 0.237 e. The van der Waals surface area contributed by atoms with E-state index in [0.717, 1.165) is 11.3 Å². The maximum Gasteiger partial charge on any atom is 0.237 e. The Balaban J connectivity index is 0.00000264. The van der Waals surface area contributed by atoms with Crippen LogP contribution in [0.4, 0.5) is 0 Å². The molecule has 1 aromatic carbocycles. The van der Waals surface area contributed by atoms with Crippen molar-refractivity contribution in [1.82, 2.24) is 15.5 Å². The van der Waals surface area contributed by atoms with Crippen LogP contribution in [0.1, 0.15) is 18.0 Å². The highest BCUT2D eigenvalue weighted by atomic mass is 35.5. The van der Waals surface area contributed by atoms with Gasteiger partial charge >= 0.3 is 0 Å². The second-order valence-corrected chi connectivity index (χ2v) is 5.85. The van der Waals surface area contributed by atoms with E-state index >= 15 is 0 Å². The molecule has 1 amide bonds. The highest BCUT2D eigenvalue weighted by molar-refractivity contribution is 5.85. The molecule has 1 fully saturated rings. The van der Waals surface area contributed by atoms with Crippen molar-refractivity contribution in [3.05, 3.63) is 29.8 Å². The molecule has 1 heterocycles. The van der Waals surface area contributed by atoms with E-state index in [2.05, 4.69) is 15.5 Å². The lowest BCUT2D eigenvalue weighted by atomic mass is 10.1. The van der Waals surface area contributed by atoms with Gasteiger partial charge in [0, 0.05) is 13.1 Å². The zero-order valence-electron chi connectivity index (χ0n) is 14.2. The summed E-state index contributed by atoms with van der Waals surface area (Å²) >= 11 is 0. The highest BCUT2D eigenvalue weighted by Gasteiger charge is 2.28. The second kappa shape index (κ2) is 10.7. The van der Waals surface area contributed by atoms with Gasteiger partial charge in [-0.25, -0.2) is 0 Å². The number of nitrogens with zero attached hydrogens (tertiary/aromatic N) is 1. The number of carbonyl (C=O) groups excluding carboxylic acids is 1. The lowest BCUT2D eigenvalue weighted by molar-refractivity contribution is -0.123. The molecule has 1 aliphatic rings. The Hall–Kier alpha value is -1.05. The second-order valence-electron chi connectivity index (χ2n) is 5.85. The molecule has 3 N–H and O–H groups in total.